The Morgan fingerprint density at radius 2 is 2.05 bits per heavy atom. The molecular formula is C14H14N2O5. The number of nitrogens with zero attached hydrogens (tertiary/aromatic N) is 2. The van der Waals surface area contributed by atoms with Gasteiger partial charge in [-0.15, -0.1) is 0 Å². The molecule has 1 N–H and O–H groups in total. The summed E-state index contributed by atoms with van der Waals surface area (Å²) in [7, 11) is 1.40. The Hall–Kier alpha value is -2.67. The van der Waals surface area contributed by atoms with Crippen LogP contribution in [0.15, 0.2) is 36.5 Å². The van der Waals surface area contributed by atoms with E-state index in [0.717, 1.165) is 0 Å². The first-order valence-corrected chi connectivity index (χ1v) is 6.15. The average Bonchev–Trinajstić information content (AvgIpc) is 2.48. The number of aromatic nitrogens is 1. The molecule has 7 nitrogen and oxygen atoms in total. The van der Waals surface area contributed by atoms with Crippen molar-refractivity contribution in [3.05, 3.63) is 52.2 Å². The molecule has 0 fully saturated rings. The molecular weight excluding hydrogens is 276 g/mol. The highest BCUT2D eigenvalue weighted by molar-refractivity contribution is 5.49. The minimum atomic E-state index is -0.611. The van der Waals surface area contributed by atoms with Crippen LogP contribution in [0.25, 0.3) is 0 Å². The van der Waals surface area contributed by atoms with Crippen molar-refractivity contribution < 1.29 is 19.5 Å². The van der Waals surface area contributed by atoms with E-state index in [1.807, 2.05) is 0 Å². The molecule has 0 unspecified atom stereocenters. The van der Waals surface area contributed by atoms with Crippen molar-refractivity contribution in [2.45, 2.75) is 13.0 Å². The summed E-state index contributed by atoms with van der Waals surface area (Å²) in [6.07, 6.45) is 0.887. The number of hydrogen-bond donors (Lipinski definition) is 1. The van der Waals surface area contributed by atoms with Gasteiger partial charge in [-0.05, 0) is 24.6 Å². The fourth-order valence-electron chi connectivity index (χ4n) is 1.67. The SMILES string of the molecule is COc1cc([N+](=O)[O-])ccc1Oc1ccc([C@H](C)O)cn1. The molecule has 0 saturated heterocycles. The van der Waals surface area contributed by atoms with Crippen molar-refractivity contribution >= 4 is 5.69 Å². The van der Waals surface area contributed by atoms with E-state index in [4.69, 9.17) is 9.47 Å². The third-order valence-corrected chi connectivity index (χ3v) is 2.81. The summed E-state index contributed by atoms with van der Waals surface area (Å²) in [5.74, 6) is 0.859. The second-order valence-corrected chi connectivity index (χ2v) is 4.30. The van der Waals surface area contributed by atoms with Gasteiger partial charge in [0.05, 0.1) is 24.2 Å². The van der Waals surface area contributed by atoms with Crippen molar-refractivity contribution in [2.24, 2.45) is 0 Å². The Balaban J connectivity index is 2.24. The lowest BCUT2D eigenvalue weighted by molar-refractivity contribution is -0.384. The molecule has 1 aromatic heterocycles. The van der Waals surface area contributed by atoms with Crippen molar-refractivity contribution in [1.29, 1.82) is 0 Å². The van der Waals surface area contributed by atoms with Crippen molar-refractivity contribution in [3.8, 4) is 17.4 Å². The molecule has 0 saturated carbocycles. The normalized spacial score (nSPS) is 11.8. The van der Waals surface area contributed by atoms with Gasteiger partial charge in [-0.2, -0.15) is 0 Å². The van der Waals surface area contributed by atoms with Crippen LogP contribution in [0.4, 0.5) is 5.69 Å². The quantitative estimate of drug-likeness (QED) is 0.672. The number of pyridine rings is 1. The first-order valence-electron chi connectivity index (χ1n) is 6.15. The topological polar surface area (TPSA) is 94.7 Å². The molecule has 2 rings (SSSR count). The van der Waals surface area contributed by atoms with E-state index in [1.54, 1.807) is 19.1 Å². The lowest BCUT2D eigenvalue weighted by Gasteiger charge is -2.10. The number of methoxy groups -OCH3 is 1. The lowest BCUT2D eigenvalue weighted by Crippen LogP contribution is -1.96. The Kier molecular flexibility index (Phi) is 4.34. The zero-order valence-corrected chi connectivity index (χ0v) is 11.5. The summed E-state index contributed by atoms with van der Waals surface area (Å²) in [5, 5.41) is 20.1. The van der Waals surface area contributed by atoms with E-state index in [9.17, 15) is 15.2 Å². The number of benzene rings is 1. The Bertz CT molecular complexity index is 640. The van der Waals surface area contributed by atoms with Crippen LogP contribution in [0.1, 0.15) is 18.6 Å². The van der Waals surface area contributed by atoms with E-state index < -0.39 is 11.0 Å². The lowest BCUT2D eigenvalue weighted by atomic mass is 10.2. The van der Waals surface area contributed by atoms with E-state index >= 15 is 0 Å². The highest BCUT2D eigenvalue weighted by Gasteiger charge is 2.13. The van der Waals surface area contributed by atoms with Gasteiger partial charge in [-0.1, -0.05) is 0 Å². The molecule has 7 heteroatoms. The minimum absolute atomic E-state index is 0.0865. The van der Waals surface area contributed by atoms with Gasteiger partial charge >= 0.3 is 0 Å². The highest BCUT2D eigenvalue weighted by Crippen LogP contribution is 2.34. The second kappa shape index (κ2) is 6.19. The fraction of sp³-hybridized carbons (Fsp3) is 0.214. The molecule has 0 aliphatic carbocycles. The van der Waals surface area contributed by atoms with Gasteiger partial charge in [0.2, 0.25) is 5.88 Å². The number of aliphatic hydroxyl groups is 1. The maximum absolute atomic E-state index is 10.7. The van der Waals surface area contributed by atoms with Crippen LogP contribution >= 0.6 is 0 Å². The van der Waals surface area contributed by atoms with E-state index in [-0.39, 0.29) is 11.4 Å². The van der Waals surface area contributed by atoms with Crippen LogP contribution in [0.2, 0.25) is 0 Å². The van der Waals surface area contributed by atoms with E-state index in [0.29, 0.717) is 17.2 Å². The maximum Gasteiger partial charge on any atom is 0.273 e. The predicted octanol–water partition coefficient (Wildman–Crippen LogP) is 2.84. The number of nitro benzene ring substituents is 1. The van der Waals surface area contributed by atoms with E-state index in [2.05, 4.69) is 4.98 Å². The van der Waals surface area contributed by atoms with Crippen LogP contribution in [0.5, 0.6) is 17.4 Å². The first-order chi connectivity index (χ1) is 10.0. The number of aliphatic hydroxyl groups excluding tert-OH is 1. The van der Waals surface area contributed by atoms with Crippen molar-refractivity contribution in [1.82, 2.24) is 4.98 Å². The molecule has 0 bridgehead atoms. The van der Waals surface area contributed by atoms with Crippen molar-refractivity contribution in [3.63, 3.8) is 0 Å². The third-order valence-electron chi connectivity index (χ3n) is 2.81. The van der Waals surface area contributed by atoms with Crippen molar-refractivity contribution in [2.75, 3.05) is 7.11 Å². The molecule has 0 aliphatic rings. The standard InChI is InChI=1S/C14H14N2O5/c1-9(17)10-3-6-14(15-8-10)21-12-5-4-11(16(18)19)7-13(12)20-2/h3-9,17H,1-2H3/t9-/m0/s1. The largest absolute Gasteiger partial charge is 0.493 e. The number of rotatable bonds is 5. The molecule has 0 spiro atoms. The summed E-state index contributed by atoms with van der Waals surface area (Å²) in [6, 6.07) is 7.33. The highest BCUT2D eigenvalue weighted by atomic mass is 16.6. The van der Waals surface area contributed by atoms with Crippen LogP contribution in [0.3, 0.4) is 0 Å². The molecule has 2 aromatic rings. The molecule has 21 heavy (non-hydrogen) atoms. The van der Waals surface area contributed by atoms with Gasteiger partial charge in [0.25, 0.3) is 5.69 Å². The summed E-state index contributed by atoms with van der Waals surface area (Å²) < 4.78 is 10.6. The Labute approximate surface area is 120 Å². The summed E-state index contributed by atoms with van der Waals surface area (Å²) in [6.45, 7) is 1.64. The van der Waals surface area contributed by atoms with Gasteiger partial charge in [0, 0.05) is 18.3 Å². The molecule has 0 amide bonds. The van der Waals surface area contributed by atoms with Gasteiger partial charge in [-0.3, -0.25) is 10.1 Å². The zero-order valence-electron chi connectivity index (χ0n) is 11.5. The fourth-order valence-corrected chi connectivity index (χ4v) is 1.67. The minimum Gasteiger partial charge on any atom is -0.493 e. The average molecular weight is 290 g/mol. The van der Waals surface area contributed by atoms with Gasteiger partial charge < -0.3 is 14.6 Å². The zero-order chi connectivity index (χ0) is 15.4. The van der Waals surface area contributed by atoms with E-state index in [1.165, 1.54) is 31.5 Å². The third kappa shape index (κ3) is 3.46. The summed E-state index contributed by atoms with van der Waals surface area (Å²) in [4.78, 5) is 14.3. The van der Waals surface area contributed by atoms with Crippen LogP contribution in [0, 0.1) is 10.1 Å². The van der Waals surface area contributed by atoms with Gasteiger partial charge in [0.15, 0.2) is 11.5 Å². The van der Waals surface area contributed by atoms with Crippen LogP contribution < -0.4 is 9.47 Å². The van der Waals surface area contributed by atoms with Gasteiger partial charge in [-0.25, -0.2) is 4.98 Å². The molecule has 1 atom stereocenters. The molecule has 1 aromatic carbocycles. The second-order valence-electron chi connectivity index (χ2n) is 4.30. The predicted molar refractivity (Wildman–Crippen MR) is 74.6 cm³/mol. The summed E-state index contributed by atoms with van der Waals surface area (Å²) in [5.41, 5.74) is 0.578. The maximum atomic E-state index is 10.7. The number of non-ortho nitro benzene ring substituents is 1. The monoisotopic (exact) mass is 290 g/mol. The molecule has 0 aliphatic heterocycles. The number of hydrogen-bond acceptors (Lipinski definition) is 6. The smallest absolute Gasteiger partial charge is 0.273 e. The molecule has 1 heterocycles. The Morgan fingerprint density at radius 1 is 1.29 bits per heavy atom. The Morgan fingerprint density at radius 3 is 2.57 bits per heavy atom. The number of nitro groups is 1. The summed E-state index contributed by atoms with van der Waals surface area (Å²) >= 11 is 0. The van der Waals surface area contributed by atoms with Crippen LogP contribution in [-0.2, 0) is 0 Å². The number of ether oxygens (including phenoxy) is 2. The van der Waals surface area contributed by atoms with Gasteiger partial charge in [0.1, 0.15) is 0 Å². The first kappa shape index (κ1) is 14.7. The molecule has 110 valence electrons. The van der Waals surface area contributed by atoms with Crippen LogP contribution in [-0.4, -0.2) is 22.1 Å². The molecule has 0 radical (unpaired) electrons.